The van der Waals surface area contributed by atoms with Gasteiger partial charge < -0.3 is 14.8 Å². The van der Waals surface area contributed by atoms with Crippen LogP contribution >= 0.6 is 0 Å². The van der Waals surface area contributed by atoms with Gasteiger partial charge in [-0.1, -0.05) is 48.5 Å². The minimum absolute atomic E-state index is 0.123. The van der Waals surface area contributed by atoms with E-state index in [2.05, 4.69) is 10.1 Å². The van der Waals surface area contributed by atoms with Gasteiger partial charge in [0, 0.05) is 11.3 Å². The molecule has 6 nitrogen and oxygen atoms in total. The van der Waals surface area contributed by atoms with Gasteiger partial charge >= 0.3 is 18.6 Å². The summed E-state index contributed by atoms with van der Waals surface area (Å²) in [6, 6.07) is 13.9. The zero-order chi connectivity index (χ0) is 22.5. The van der Waals surface area contributed by atoms with Crippen molar-refractivity contribution in [3.8, 4) is 5.75 Å². The molecule has 2 aromatic carbocycles. The van der Waals surface area contributed by atoms with Gasteiger partial charge in [-0.2, -0.15) is 8.78 Å². The van der Waals surface area contributed by atoms with Crippen molar-refractivity contribution in [2.75, 3.05) is 0 Å². The lowest BCUT2D eigenvalue weighted by molar-refractivity contribution is -0.143. The van der Waals surface area contributed by atoms with Crippen LogP contribution in [0.4, 0.5) is 13.6 Å². The number of alkyl halides is 2. The maximum Gasteiger partial charge on any atom is 0.387 e. The molecule has 1 N–H and O–H groups in total. The minimum atomic E-state index is -3.05. The number of esters is 1. The van der Waals surface area contributed by atoms with Crippen LogP contribution in [0.1, 0.15) is 37.9 Å². The number of nitrogens with zero attached hydrogens (tertiary/aromatic N) is 1. The predicted molar refractivity (Wildman–Crippen MR) is 110 cm³/mol. The number of carbonyl (C=O) groups excluding carboxylic acids is 2. The maximum absolute atomic E-state index is 13.0. The summed E-state index contributed by atoms with van der Waals surface area (Å²) >= 11 is 0. The molecule has 0 spiro atoms. The lowest BCUT2D eigenvalue weighted by atomic mass is 9.94. The molecule has 3 rings (SSSR count). The Morgan fingerprint density at radius 1 is 1.10 bits per heavy atom. The molecule has 0 saturated carbocycles. The van der Waals surface area contributed by atoms with Gasteiger partial charge in [-0.05, 0) is 32.4 Å². The average Bonchev–Trinajstić information content (AvgIpc) is 2.71. The number of hydrogen-bond donors (Lipinski definition) is 1. The third-order valence-corrected chi connectivity index (χ3v) is 4.79. The zero-order valence-electron chi connectivity index (χ0n) is 17.5. The van der Waals surface area contributed by atoms with Gasteiger partial charge in [0.05, 0.1) is 24.3 Å². The van der Waals surface area contributed by atoms with E-state index in [4.69, 9.17) is 4.74 Å². The second-order valence-electron chi connectivity index (χ2n) is 7.32. The van der Waals surface area contributed by atoms with Crippen LogP contribution in [0.3, 0.4) is 0 Å². The number of rotatable bonds is 7. The molecule has 0 radical (unpaired) electrons. The van der Waals surface area contributed by atoms with Gasteiger partial charge in [0.2, 0.25) is 0 Å². The molecular weight excluding hydrogens is 406 g/mol. The van der Waals surface area contributed by atoms with Crippen molar-refractivity contribution >= 4 is 12.0 Å². The van der Waals surface area contributed by atoms with E-state index in [9.17, 15) is 18.4 Å². The van der Waals surface area contributed by atoms with E-state index in [0.29, 0.717) is 5.70 Å². The summed E-state index contributed by atoms with van der Waals surface area (Å²) in [5, 5.41) is 2.75. The topological polar surface area (TPSA) is 67.9 Å². The van der Waals surface area contributed by atoms with Crippen molar-refractivity contribution in [3.63, 3.8) is 0 Å². The quantitative estimate of drug-likeness (QED) is 0.642. The molecule has 2 aromatic rings. The third-order valence-electron chi connectivity index (χ3n) is 4.79. The number of nitrogens with one attached hydrogen (secondary N) is 1. The smallest absolute Gasteiger partial charge is 0.387 e. The summed E-state index contributed by atoms with van der Waals surface area (Å²) in [5.41, 5.74) is 1.66. The van der Waals surface area contributed by atoms with E-state index in [1.807, 2.05) is 30.3 Å². The Hall–Kier alpha value is -3.42. The highest BCUT2D eigenvalue weighted by atomic mass is 19.3. The maximum atomic E-state index is 13.0. The summed E-state index contributed by atoms with van der Waals surface area (Å²) in [4.78, 5) is 27.4. The van der Waals surface area contributed by atoms with Crippen LogP contribution in [0.15, 0.2) is 65.9 Å². The number of urea groups is 1. The molecule has 8 heteroatoms. The standard InChI is InChI=1S/C23H24F2N2O4/c1-14(2)30-21(28)19-15(3)27(13-16-9-5-4-6-10-16)23(29)26-20(19)17-11-7-8-12-18(17)31-22(24)25/h4-12,14,20,22H,13H2,1-3H3,(H,26,29). The molecule has 0 saturated heterocycles. The summed E-state index contributed by atoms with van der Waals surface area (Å²) < 4.78 is 35.9. The van der Waals surface area contributed by atoms with Crippen LogP contribution in [0.5, 0.6) is 5.75 Å². The monoisotopic (exact) mass is 430 g/mol. The summed E-state index contributed by atoms with van der Waals surface area (Å²) in [6.45, 7) is 2.24. The minimum Gasteiger partial charge on any atom is -0.459 e. The number of allylic oxidation sites excluding steroid dienone is 1. The number of amides is 2. The highest BCUT2D eigenvalue weighted by molar-refractivity contribution is 5.95. The highest BCUT2D eigenvalue weighted by Crippen LogP contribution is 2.37. The number of ether oxygens (including phenoxy) is 2. The first-order chi connectivity index (χ1) is 14.8. The largest absolute Gasteiger partial charge is 0.459 e. The van der Waals surface area contributed by atoms with E-state index in [0.717, 1.165) is 5.56 Å². The van der Waals surface area contributed by atoms with Crippen LogP contribution < -0.4 is 10.1 Å². The molecule has 1 atom stereocenters. The molecule has 1 heterocycles. The molecule has 0 bridgehead atoms. The number of benzene rings is 2. The second kappa shape index (κ2) is 9.59. The van der Waals surface area contributed by atoms with E-state index in [-0.39, 0.29) is 23.4 Å². The molecule has 2 amide bonds. The molecular formula is C23H24F2N2O4. The lowest BCUT2D eigenvalue weighted by Gasteiger charge is -2.36. The fraction of sp³-hybridized carbons (Fsp3) is 0.304. The van der Waals surface area contributed by atoms with Gasteiger partial charge in [0.15, 0.2) is 0 Å². The van der Waals surface area contributed by atoms with Gasteiger partial charge in [0.25, 0.3) is 0 Å². The Kier molecular flexibility index (Phi) is 6.89. The first-order valence-corrected chi connectivity index (χ1v) is 9.85. The normalized spacial score (nSPS) is 16.5. The first kappa shape index (κ1) is 22.3. The summed E-state index contributed by atoms with van der Waals surface area (Å²) in [7, 11) is 0. The van der Waals surface area contributed by atoms with Crippen molar-refractivity contribution in [1.29, 1.82) is 0 Å². The molecule has 31 heavy (non-hydrogen) atoms. The van der Waals surface area contributed by atoms with Crippen molar-refractivity contribution in [3.05, 3.63) is 77.0 Å². The predicted octanol–water partition coefficient (Wildman–Crippen LogP) is 4.78. The van der Waals surface area contributed by atoms with Crippen LogP contribution in [-0.2, 0) is 16.1 Å². The van der Waals surface area contributed by atoms with E-state index >= 15 is 0 Å². The van der Waals surface area contributed by atoms with E-state index in [1.54, 1.807) is 26.8 Å². The molecule has 0 aliphatic carbocycles. The molecule has 164 valence electrons. The van der Waals surface area contributed by atoms with Gasteiger partial charge in [-0.25, -0.2) is 9.59 Å². The lowest BCUT2D eigenvalue weighted by Crippen LogP contribution is -2.47. The SMILES string of the molecule is CC1=C(C(=O)OC(C)C)C(c2ccccc2OC(F)F)NC(=O)N1Cc1ccccc1. The van der Waals surface area contributed by atoms with Crippen molar-refractivity contribution < 1.29 is 27.8 Å². The average molecular weight is 430 g/mol. The van der Waals surface area contributed by atoms with Crippen LogP contribution in [0, 0.1) is 0 Å². The number of para-hydroxylation sites is 1. The van der Waals surface area contributed by atoms with E-state index in [1.165, 1.54) is 23.1 Å². The highest BCUT2D eigenvalue weighted by Gasteiger charge is 2.38. The van der Waals surface area contributed by atoms with Crippen molar-refractivity contribution in [2.45, 2.75) is 46.1 Å². The van der Waals surface area contributed by atoms with Crippen LogP contribution in [-0.4, -0.2) is 29.6 Å². The Balaban J connectivity index is 2.07. The van der Waals surface area contributed by atoms with Gasteiger partial charge in [0.1, 0.15) is 5.75 Å². The number of halogens is 2. The van der Waals surface area contributed by atoms with E-state index < -0.39 is 30.8 Å². The second-order valence-corrected chi connectivity index (χ2v) is 7.32. The van der Waals surface area contributed by atoms with Crippen molar-refractivity contribution in [2.24, 2.45) is 0 Å². The fourth-order valence-corrected chi connectivity index (χ4v) is 3.44. The summed E-state index contributed by atoms with van der Waals surface area (Å²) in [5.74, 6) is -0.760. The van der Waals surface area contributed by atoms with Crippen LogP contribution in [0.2, 0.25) is 0 Å². The first-order valence-electron chi connectivity index (χ1n) is 9.85. The Morgan fingerprint density at radius 2 is 1.74 bits per heavy atom. The number of carbonyl (C=O) groups is 2. The fourth-order valence-electron chi connectivity index (χ4n) is 3.44. The Morgan fingerprint density at radius 3 is 2.39 bits per heavy atom. The molecule has 1 unspecified atom stereocenters. The van der Waals surface area contributed by atoms with Gasteiger partial charge in [-0.3, -0.25) is 4.90 Å². The summed E-state index contributed by atoms with van der Waals surface area (Å²) in [6.07, 6.45) is -0.402. The molecule has 1 aliphatic heterocycles. The third kappa shape index (κ3) is 5.20. The van der Waals surface area contributed by atoms with Gasteiger partial charge in [-0.15, -0.1) is 0 Å². The molecule has 0 fully saturated rings. The molecule has 0 aromatic heterocycles. The number of hydrogen-bond acceptors (Lipinski definition) is 4. The Bertz CT molecular complexity index is 977. The molecule has 1 aliphatic rings. The zero-order valence-corrected chi connectivity index (χ0v) is 17.5. The Labute approximate surface area is 179 Å². The van der Waals surface area contributed by atoms with Crippen LogP contribution in [0.25, 0.3) is 0 Å². The van der Waals surface area contributed by atoms with Crippen molar-refractivity contribution in [1.82, 2.24) is 10.2 Å².